The lowest BCUT2D eigenvalue weighted by Gasteiger charge is -2.06. The summed E-state index contributed by atoms with van der Waals surface area (Å²) in [5.74, 6) is -0.240. The van der Waals surface area contributed by atoms with Crippen LogP contribution in [0.4, 0.5) is 5.13 Å². The Hall–Kier alpha value is -1.44. The van der Waals surface area contributed by atoms with E-state index in [1.54, 1.807) is 35.6 Å². The number of fused-ring (bicyclic) bond motifs is 1. The van der Waals surface area contributed by atoms with Crippen molar-refractivity contribution in [2.24, 2.45) is 0 Å². The number of anilines is 1. The number of aromatic nitrogens is 1. The zero-order valence-electron chi connectivity index (χ0n) is 13.2. The molecule has 1 N–H and O–H groups in total. The number of nitrogens with one attached hydrogen (secondary N) is 1. The fourth-order valence-electron chi connectivity index (χ4n) is 2.63. The van der Waals surface area contributed by atoms with E-state index < -0.39 is 9.84 Å². The van der Waals surface area contributed by atoms with Crippen LogP contribution < -0.4 is 5.32 Å². The number of carbonyl (C=O) groups excluding carboxylic acids is 1. The van der Waals surface area contributed by atoms with E-state index in [9.17, 15) is 13.2 Å². The first kappa shape index (κ1) is 18.9. The molecule has 0 radical (unpaired) electrons. The van der Waals surface area contributed by atoms with Gasteiger partial charge in [-0.2, -0.15) is 0 Å². The van der Waals surface area contributed by atoms with Crippen molar-refractivity contribution in [2.45, 2.75) is 31.4 Å². The highest BCUT2D eigenvalue weighted by molar-refractivity contribution is 7.89. The van der Waals surface area contributed by atoms with Crippen LogP contribution in [0.3, 0.4) is 0 Å². The molecular weight excluding hydrogens is 368 g/mol. The van der Waals surface area contributed by atoms with E-state index in [-0.39, 0.29) is 24.1 Å². The number of amides is 1. The maximum atomic E-state index is 12.3. The molecule has 8 heteroatoms. The van der Waals surface area contributed by atoms with Gasteiger partial charge < -0.3 is 0 Å². The molecule has 24 heavy (non-hydrogen) atoms. The van der Waals surface area contributed by atoms with Crippen LogP contribution in [-0.2, 0) is 28.4 Å². The Morgan fingerprint density at radius 2 is 1.88 bits per heavy atom. The lowest BCUT2D eigenvalue weighted by atomic mass is 10.0. The van der Waals surface area contributed by atoms with Crippen LogP contribution >= 0.6 is 23.7 Å². The van der Waals surface area contributed by atoms with Crippen molar-refractivity contribution in [3.8, 4) is 0 Å². The van der Waals surface area contributed by atoms with Gasteiger partial charge in [-0.15, -0.1) is 23.7 Å². The summed E-state index contributed by atoms with van der Waals surface area (Å²) in [6, 6.07) is 6.62. The van der Waals surface area contributed by atoms with Gasteiger partial charge in [0.15, 0.2) is 15.0 Å². The highest BCUT2D eigenvalue weighted by Crippen LogP contribution is 2.29. The summed E-state index contributed by atoms with van der Waals surface area (Å²) in [6.45, 7) is 0. The minimum absolute atomic E-state index is 0. The second-order valence-electron chi connectivity index (χ2n) is 5.82. The van der Waals surface area contributed by atoms with Gasteiger partial charge in [-0.3, -0.25) is 10.1 Å². The second-order valence-corrected chi connectivity index (χ2v) is 9.04. The molecule has 0 saturated heterocycles. The summed E-state index contributed by atoms with van der Waals surface area (Å²) in [5, 5.41) is 3.47. The van der Waals surface area contributed by atoms with Crippen molar-refractivity contribution in [1.82, 2.24) is 4.98 Å². The average Bonchev–Trinajstić information content (AvgIpc) is 2.88. The Morgan fingerprint density at radius 3 is 2.50 bits per heavy atom. The summed E-state index contributed by atoms with van der Waals surface area (Å²) < 4.78 is 22.5. The fourth-order valence-corrected chi connectivity index (χ4v) is 4.47. The predicted molar refractivity (Wildman–Crippen MR) is 98.9 cm³/mol. The van der Waals surface area contributed by atoms with Crippen molar-refractivity contribution in [2.75, 3.05) is 11.6 Å². The lowest BCUT2D eigenvalue weighted by Crippen LogP contribution is -2.12. The Kier molecular flexibility index (Phi) is 6.01. The molecule has 1 heterocycles. The zero-order valence-corrected chi connectivity index (χ0v) is 15.7. The SMILES string of the molecule is CS(=O)(=O)Cc1ccc(C(=O)Nc2nc3c(s2)CCCC3)cc1.Cl. The van der Waals surface area contributed by atoms with Gasteiger partial charge in [-0.25, -0.2) is 13.4 Å². The average molecular weight is 387 g/mol. The molecule has 0 saturated carbocycles. The molecule has 1 amide bonds. The molecule has 0 bridgehead atoms. The van der Waals surface area contributed by atoms with Gasteiger partial charge in [0.1, 0.15) is 0 Å². The maximum absolute atomic E-state index is 12.3. The van der Waals surface area contributed by atoms with E-state index in [4.69, 9.17) is 0 Å². The number of rotatable bonds is 4. The minimum Gasteiger partial charge on any atom is -0.298 e. The number of thiazole rings is 1. The molecule has 5 nitrogen and oxygen atoms in total. The van der Waals surface area contributed by atoms with Crippen molar-refractivity contribution >= 4 is 44.6 Å². The Bertz CT molecular complexity index is 806. The van der Waals surface area contributed by atoms with Crippen molar-refractivity contribution < 1.29 is 13.2 Å². The third kappa shape index (κ3) is 4.78. The molecule has 1 aliphatic rings. The number of nitrogens with zero attached hydrogens (tertiary/aromatic N) is 1. The molecule has 130 valence electrons. The number of hydrogen-bond acceptors (Lipinski definition) is 5. The molecule has 0 fully saturated rings. The third-order valence-corrected chi connectivity index (χ3v) is 5.64. The Balaban J connectivity index is 0.00000208. The predicted octanol–water partition coefficient (Wildman–Crippen LogP) is 3.24. The number of hydrogen-bond donors (Lipinski definition) is 1. The molecular formula is C16H19ClN2O3S2. The quantitative estimate of drug-likeness (QED) is 0.875. The summed E-state index contributed by atoms with van der Waals surface area (Å²) in [7, 11) is -3.07. The molecule has 1 aromatic carbocycles. The van der Waals surface area contributed by atoms with Crippen LogP contribution in [0.1, 0.15) is 39.3 Å². The van der Waals surface area contributed by atoms with Gasteiger partial charge in [0.2, 0.25) is 0 Å². The molecule has 0 unspecified atom stereocenters. The molecule has 1 aromatic heterocycles. The van der Waals surface area contributed by atoms with Crippen LogP contribution in [0.2, 0.25) is 0 Å². The van der Waals surface area contributed by atoms with Crippen LogP contribution in [0.5, 0.6) is 0 Å². The van der Waals surface area contributed by atoms with E-state index in [2.05, 4.69) is 10.3 Å². The van der Waals surface area contributed by atoms with Crippen LogP contribution in [0.25, 0.3) is 0 Å². The van der Waals surface area contributed by atoms with Crippen molar-refractivity contribution in [3.05, 3.63) is 46.0 Å². The Labute approximate surface area is 151 Å². The lowest BCUT2D eigenvalue weighted by molar-refractivity contribution is 0.102. The van der Waals surface area contributed by atoms with Crippen LogP contribution in [0.15, 0.2) is 24.3 Å². The van der Waals surface area contributed by atoms with E-state index in [1.165, 1.54) is 17.6 Å². The summed E-state index contributed by atoms with van der Waals surface area (Å²) in [5.41, 5.74) is 2.28. The highest BCUT2D eigenvalue weighted by atomic mass is 35.5. The second kappa shape index (κ2) is 7.63. The number of carbonyl (C=O) groups is 1. The van der Waals surface area contributed by atoms with Crippen molar-refractivity contribution in [1.29, 1.82) is 0 Å². The van der Waals surface area contributed by atoms with Gasteiger partial charge in [-0.1, -0.05) is 12.1 Å². The topological polar surface area (TPSA) is 76.1 Å². The van der Waals surface area contributed by atoms with Gasteiger partial charge in [-0.05, 0) is 43.4 Å². The van der Waals surface area contributed by atoms with E-state index in [0.29, 0.717) is 16.3 Å². The largest absolute Gasteiger partial charge is 0.298 e. The fraction of sp³-hybridized carbons (Fsp3) is 0.375. The van der Waals surface area contributed by atoms with E-state index >= 15 is 0 Å². The molecule has 2 aromatic rings. The molecule has 0 spiro atoms. The van der Waals surface area contributed by atoms with Crippen LogP contribution in [0, 0.1) is 0 Å². The van der Waals surface area contributed by atoms with Gasteiger partial charge in [0.05, 0.1) is 11.4 Å². The molecule has 3 rings (SSSR count). The van der Waals surface area contributed by atoms with E-state index in [0.717, 1.165) is 25.0 Å². The molecule has 1 aliphatic carbocycles. The smallest absolute Gasteiger partial charge is 0.257 e. The summed E-state index contributed by atoms with van der Waals surface area (Å²) >= 11 is 1.55. The monoisotopic (exact) mass is 386 g/mol. The third-order valence-electron chi connectivity index (χ3n) is 3.71. The van der Waals surface area contributed by atoms with Crippen LogP contribution in [-0.4, -0.2) is 25.6 Å². The first-order valence-corrected chi connectivity index (χ1v) is 10.3. The standard InChI is InChI=1S/C16H18N2O3S2.ClH/c1-23(20,21)10-11-6-8-12(9-7-11)15(19)18-16-17-13-4-2-3-5-14(13)22-16;/h6-9H,2-5,10H2,1H3,(H,17,18,19);1H. The first-order valence-electron chi connectivity index (χ1n) is 7.47. The minimum atomic E-state index is -3.07. The maximum Gasteiger partial charge on any atom is 0.257 e. The first-order chi connectivity index (χ1) is 10.9. The Morgan fingerprint density at radius 1 is 1.21 bits per heavy atom. The van der Waals surface area contributed by atoms with E-state index in [1.807, 2.05) is 0 Å². The highest BCUT2D eigenvalue weighted by Gasteiger charge is 2.17. The zero-order chi connectivity index (χ0) is 16.4. The number of benzene rings is 1. The van der Waals surface area contributed by atoms with Gasteiger partial charge in [0.25, 0.3) is 5.91 Å². The number of aryl methyl sites for hydroxylation is 2. The molecule has 0 aliphatic heterocycles. The number of sulfone groups is 1. The summed E-state index contributed by atoms with van der Waals surface area (Å²) in [6.07, 6.45) is 5.57. The normalized spacial score (nSPS) is 13.7. The van der Waals surface area contributed by atoms with Gasteiger partial charge in [0, 0.05) is 16.7 Å². The van der Waals surface area contributed by atoms with Crippen molar-refractivity contribution in [3.63, 3.8) is 0 Å². The van der Waals surface area contributed by atoms with Gasteiger partial charge >= 0.3 is 0 Å². The summed E-state index contributed by atoms with van der Waals surface area (Å²) in [4.78, 5) is 18.0. The molecule has 0 atom stereocenters. The number of halogens is 1.